The minimum Gasteiger partial charge on any atom is -0.321 e. The van der Waals surface area contributed by atoms with Crippen molar-refractivity contribution in [3.63, 3.8) is 0 Å². The van der Waals surface area contributed by atoms with E-state index in [-0.39, 0.29) is 11.6 Å². The first-order valence-corrected chi connectivity index (χ1v) is 9.58. The fraction of sp³-hybridized carbons (Fsp3) is 0.136. The molecule has 0 aliphatic heterocycles. The molecule has 0 spiro atoms. The third-order valence-corrected chi connectivity index (χ3v) is 5.47. The van der Waals surface area contributed by atoms with Crippen LogP contribution in [0.25, 0.3) is 0 Å². The van der Waals surface area contributed by atoms with Gasteiger partial charge in [0.15, 0.2) is 0 Å². The van der Waals surface area contributed by atoms with Gasteiger partial charge in [-0.1, -0.05) is 53.7 Å². The molecule has 6 heteroatoms. The molecule has 0 aliphatic carbocycles. The lowest BCUT2D eigenvalue weighted by Gasteiger charge is -2.14. The monoisotopic (exact) mass is 392 g/mol. The van der Waals surface area contributed by atoms with E-state index >= 15 is 0 Å². The van der Waals surface area contributed by atoms with Gasteiger partial charge in [0, 0.05) is 16.6 Å². The quantitative estimate of drug-likeness (QED) is 0.432. The van der Waals surface area contributed by atoms with Crippen LogP contribution in [-0.2, 0) is 0 Å². The summed E-state index contributed by atoms with van der Waals surface area (Å²) < 4.78 is 0. The normalized spacial score (nSPS) is 10.5. The molecule has 0 aromatic heterocycles. The summed E-state index contributed by atoms with van der Waals surface area (Å²) in [5, 5.41) is 14.3. The van der Waals surface area contributed by atoms with Crippen LogP contribution in [0.1, 0.15) is 27.0 Å². The second kappa shape index (κ2) is 8.27. The number of hydrogen-bond acceptors (Lipinski definition) is 4. The predicted molar refractivity (Wildman–Crippen MR) is 112 cm³/mol. The van der Waals surface area contributed by atoms with Crippen molar-refractivity contribution in [1.29, 1.82) is 0 Å². The smallest absolute Gasteiger partial charge is 0.283 e. The van der Waals surface area contributed by atoms with Crippen molar-refractivity contribution in [2.45, 2.75) is 30.6 Å². The number of rotatable bonds is 5. The summed E-state index contributed by atoms with van der Waals surface area (Å²) in [4.78, 5) is 25.0. The van der Waals surface area contributed by atoms with Crippen molar-refractivity contribution in [2.75, 3.05) is 5.32 Å². The lowest BCUT2D eigenvalue weighted by atomic mass is 10.0. The van der Waals surface area contributed by atoms with Gasteiger partial charge >= 0.3 is 0 Å². The molecule has 3 aromatic carbocycles. The second-order valence-corrected chi connectivity index (χ2v) is 7.63. The number of nitrogens with zero attached hydrogens (tertiary/aromatic N) is 1. The molecule has 0 bridgehead atoms. The fourth-order valence-electron chi connectivity index (χ4n) is 3.11. The van der Waals surface area contributed by atoms with Crippen molar-refractivity contribution < 1.29 is 9.72 Å². The minimum atomic E-state index is -0.413. The standard InChI is InChI=1S/C22H20N2O3S/c1-14-12-15(2)21(16(3)13-14)23-22(25)17-8-4-6-10-19(17)28-20-11-7-5-9-18(20)24(26)27/h4-13H,1-3H3,(H,23,25). The first-order valence-electron chi connectivity index (χ1n) is 8.76. The number of amides is 1. The van der Waals surface area contributed by atoms with E-state index in [1.807, 2.05) is 39.0 Å². The maximum atomic E-state index is 13.0. The second-order valence-electron chi connectivity index (χ2n) is 6.55. The van der Waals surface area contributed by atoms with Crippen LogP contribution in [-0.4, -0.2) is 10.8 Å². The highest BCUT2D eigenvalue weighted by Gasteiger charge is 2.18. The third-order valence-electron chi connectivity index (χ3n) is 4.33. The number of anilines is 1. The molecule has 0 heterocycles. The number of hydrogen-bond donors (Lipinski definition) is 1. The predicted octanol–water partition coefficient (Wildman–Crippen LogP) is 5.92. The van der Waals surface area contributed by atoms with E-state index in [0.717, 1.165) is 22.4 Å². The van der Waals surface area contributed by atoms with Crippen LogP contribution in [0.3, 0.4) is 0 Å². The summed E-state index contributed by atoms with van der Waals surface area (Å²) >= 11 is 1.22. The first kappa shape index (κ1) is 19.6. The summed E-state index contributed by atoms with van der Waals surface area (Å²) in [6.07, 6.45) is 0. The average Bonchev–Trinajstić information content (AvgIpc) is 2.65. The maximum Gasteiger partial charge on any atom is 0.283 e. The van der Waals surface area contributed by atoms with Gasteiger partial charge in [0.2, 0.25) is 0 Å². The molecule has 0 aliphatic rings. The van der Waals surface area contributed by atoms with Gasteiger partial charge in [-0.05, 0) is 50.1 Å². The van der Waals surface area contributed by atoms with Crippen LogP contribution in [0.15, 0.2) is 70.5 Å². The van der Waals surface area contributed by atoms with Gasteiger partial charge in [-0.15, -0.1) is 0 Å². The molecular weight excluding hydrogens is 372 g/mol. The van der Waals surface area contributed by atoms with Gasteiger partial charge in [0.05, 0.1) is 15.4 Å². The Morgan fingerprint density at radius 3 is 2.14 bits per heavy atom. The molecule has 0 atom stereocenters. The van der Waals surface area contributed by atoms with Crippen molar-refractivity contribution in [1.82, 2.24) is 0 Å². The summed E-state index contributed by atoms with van der Waals surface area (Å²) in [5.74, 6) is -0.239. The number of carbonyl (C=O) groups excluding carboxylic acids is 1. The van der Waals surface area contributed by atoms with Crippen LogP contribution in [0, 0.1) is 30.9 Å². The van der Waals surface area contributed by atoms with Gasteiger partial charge in [0.1, 0.15) is 0 Å². The number of para-hydroxylation sites is 1. The lowest BCUT2D eigenvalue weighted by molar-refractivity contribution is -0.387. The fourth-order valence-corrected chi connectivity index (χ4v) is 4.16. The van der Waals surface area contributed by atoms with Crippen molar-refractivity contribution in [2.24, 2.45) is 0 Å². The van der Waals surface area contributed by atoms with Crippen molar-refractivity contribution >= 4 is 29.0 Å². The summed E-state index contributed by atoms with van der Waals surface area (Å²) in [7, 11) is 0. The van der Waals surface area contributed by atoms with E-state index in [9.17, 15) is 14.9 Å². The molecule has 1 N–H and O–H groups in total. The molecule has 0 unspecified atom stereocenters. The Balaban J connectivity index is 1.93. The zero-order chi connectivity index (χ0) is 20.3. The molecule has 28 heavy (non-hydrogen) atoms. The molecule has 1 amide bonds. The topological polar surface area (TPSA) is 72.2 Å². The molecule has 0 radical (unpaired) electrons. The Kier molecular flexibility index (Phi) is 5.80. The SMILES string of the molecule is Cc1cc(C)c(NC(=O)c2ccccc2Sc2ccccc2[N+](=O)[O-])c(C)c1. The number of nitro benzene ring substituents is 1. The zero-order valence-electron chi connectivity index (χ0n) is 15.9. The number of benzene rings is 3. The van der Waals surface area contributed by atoms with Gasteiger partial charge in [0.25, 0.3) is 11.6 Å². The zero-order valence-corrected chi connectivity index (χ0v) is 16.7. The molecule has 5 nitrogen and oxygen atoms in total. The van der Waals surface area contributed by atoms with E-state index in [1.165, 1.54) is 17.8 Å². The highest BCUT2D eigenvalue weighted by molar-refractivity contribution is 7.99. The first-order chi connectivity index (χ1) is 13.4. The lowest BCUT2D eigenvalue weighted by Crippen LogP contribution is -2.15. The van der Waals surface area contributed by atoms with Crippen LogP contribution >= 0.6 is 11.8 Å². The Morgan fingerprint density at radius 2 is 1.50 bits per heavy atom. The number of aryl methyl sites for hydroxylation is 3. The van der Waals surface area contributed by atoms with Crippen molar-refractivity contribution in [3.8, 4) is 0 Å². The van der Waals surface area contributed by atoms with Crippen LogP contribution < -0.4 is 5.32 Å². The highest BCUT2D eigenvalue weighted by atomic mass is 32.2. The average molecular weight is 392 g/mol. The highest BCUT2D eigenvalue weighted by Crippen LogP contribution is 2.36. The van der Waals surface area contributed by atoms with E-state index in [4.69, 9.17) is 0 Å². The Bertz CT molecular complexity index is 1040. The van der Waals surface area contributed by atoms with Crippen LogP contribution in [0.4, 0.5) is 11.4 Å². The summed E-state index contributed by atoms with van der Waals surface area (Å²) in [6, 6.07) is 17.7. The van der Waals surface area contributed by atoms with E-state index in [2.05, 4.69) is 5.32 Å². The number of nitrogens with one attached hydrogen (secondary N) is 1. The molecule has 3 aromatic rings. The Morgan fingerprint density at radius 1 is 0.929 bits per heavy atom. The number of carbonyl (C=O) groups is 1. The molecule has 142 valence electrons. The van der Waals surface area contributed by atoms with Crippen LogP contribution in [0.5, 0.6) is 0 Å². The Hall–Kier alpha value is -3.12. The van der Waals surface area contributed by atoms with Gasteiger partial charge < -0.3 is 5.32 Å². The summed E-state index contributed by atoms with van der Waals surface area (Å²) in [5.41, 5.74) is 4.42. The van der Waals surface area contributed by atoms with E-state index in [1.54, 1.807) is 36.4 Å². The van der Waals surface area contributed by atoms with E-state index in [0.29, 0.717) is 15.4 Å². The van der Waals surface area contributed by atoms with Gasteiger partial charge in [-0.3, -0.25) is 14.9 Å². The molecule has 0 saturated carbocycles. The minimum absolute atomic E-state index is 0.0212. The molecule has 0 fully saturated rings. The largest absolute Gasteiger partial charge is 0.321 e. The molecule has 0 saturated heterocycles. The van der Waals surface area contributed by atoms with E-state index < -0.39 is 4.92 Å². The maximum absolute atomic E-state index is 13.0. The molecular formula is C22H20N2O3S. The third kappa shape index (κ3) is 4.23. The van der Waals surface area contributed by atoms with Crippen molar-refractivity contribution in [3.05, 3.63) is 93.0 Å². The Labute approximate surface area is 167 Å². The van der Waals surface area contributed by atoms with Gasteiger partial charge in [-0.2, -0.15) is 0 Å². The molecule has 3 rings (SSSR count). The summed E-state index contributed by atoms with van der Waals surface area (Å²) in [6.45, 7) is 5.94. The number of nitro groups is 1. The van der Waals surface area contributed by atoms with Crippen LogP contribution in [0.2, 0.25) is 0 Å². The van der Waals surface area contributed by atoms with Gasteiger partial charge in [-0.25, -0.2) is 0 Å².